The van der Waals surface area contributed by atoms with Crippen LogP contribution < -0.4 is 0 Å². The van der Waals surface area contributed by atoms with Gasteiger partial charge in [0.2, 0.25) is 0 Å². The maximum Gasteiger partial charge on any atom is 0.438 e. The van der Waals surface area contributed by atoms with E-state index in [-0.39, 0.29) is 0 Å². The highest BCUT2D eigenvalue weighted by Crippen LogP contribution is 2.07. The smallest absolute Gasteiger partial charge is 0.359 e. The zero-order valence-electron chi connectivity index (χ0n) is 6.36. The van der Waals surface area contributed by atoms with Crippen LogP contribution in [0.25, 0.3) is 0 Å². The van der Waals surface area contributed by atoms with Crippen molar-refractivity contribution in [3.05, 3.63) is 0 Å². The van der Waals surface area contributed by atoms with Crippen molar-refractivity contribution in [3.8, 4) is 0 Å². The summed E-state index contributed by atoms with van der Waals surface area (Å²) in [7, 11) is 0. The lowest BCUT2D eigenvalue weighted by molar-refractivity contribution is -0.193. The molecule has 6 nitrogen and oxygen atoms in total. The lowest BCUT2D eigenvalue weighted by Gasteiger charge is -2.02. The number of hydrogen-bond acceptors (Lipinski definition) is 6. The van der Waals surface area contributed by atoms with Crippen LogP contribution in [0.4, 0.5) is 0 Å². The number of hydrogen-bond donors (Lipinski definition) is 0. The van der Waals surface area contributed by atoms with Gasteiger partial charge in [-0.25, -0.2) is 9.59 Å². The zero-order valence-corrected chi connectivity index (χ0v) is 6.36. The molecule has 2 heterocycles. The Hall–Kier alpha value is -1.14. The quantitative estimate of drug-likeness (QED) is 0.374. The van der Waals surface area contributed by atoms with Gasteiger partial charge in [-0.3, -0.25) is 0 Å². The molecule has 0 aromatic rings. The molecule has 0 spiro atoms. The fourth-order valence-electron chi connectivity index (χ4n) is 0.573. The van der Waals surface area contributed by atoms with Crippen molar-refractivity contribution in [1.29, 1.82) is 0 Å². The van der Waals surface area contributed by atoms with Crippen molar-refractivity contribution in [1.82, 2.24) is 10.1 Å². The highest BCUT2D eigenvalue weighted by molar-refractivity contribution is 6.29. The van der Waals surface area contributed by atoms with E-state index in [4.69, 9.17) is 0 Å². The molecule has 0 N–H and O–H groups in total. The summed E-state index contributed by atoms with van der Waals surface area (Å²) in [5.41, 5.74) is 0. The molecule has 66 valence electrons. The van der Waals surface area contributed by atoms with Crippen LogP contribution in [-0.4, -0.2) is 48.2 Å². The van der Waals surface area contributed by atoms with Gasteiger partial charge >= 0.3 is 11.9 Å². The van der Waals surface area contributed by atoms with Crippen LogP contribution in [0.5, 0.6) is 0 Å². The minimum atomic E-state index is -0.945. The van der Waals surface area contributed by atoms with Crippen LogP contribution in [0.2, 0.25) is 0 Å². The second-order valence-electron chi connectivity index (χ2n) is 2.62. The molecular formula is C6H8N2O4. The van der Waals surface area contributed by atoms with E-state index in [1.807, 2.05) is 0 Å². The van der Waals surface area contributed by atoms with Gasteiger partial charge < -0.3 is 9.68 Å². The second kappa shape index (κ2) is 2.72. The standard InChI is InChI=1S/C6H8N2O4/c9-5(11-7-1-2-7)6(10)12-8-3-4-8/h1-4H2. The third-order valence-corrected chi connectivity index (χ3v) is 1.40. The van der Waals surface area contributed by atoms with E-state index in [0.717, 1.165) is 0 Å². The Labute approximate surface area is 68.5 Å². The van der Waals surface area contributed by atoms with Crippen LogP contribution in [0, 0.1) is 0 Å². The summed E-state index contributed by atoms with van der Waals surface area (Å²) in [5, 5.41) is 2.76. The van der Waals surface area contributed by atoms with Crippen LogP contribution in [0.1, 0.15) is 0 Å². The molecule has 0 aromatic heterocycles. The molecule has 0 saturated carbocycles. The molecule has 2 aliphatic heterocycles. The van der Waals surface area contributed by atoms with Crippen LogP contribution in [0.15, 0.2) is 0 Å². The summed E-state index contributed by atoms with van der Waals surface area (Å²) in [6.45, 7) is 2.79. The first kappa shape index (κ1) is 7.51. The minimum Gasteiger partial charge on any atom is -0.359 e. The summed E-state index contributed by atoms with van der Waals surface area (Å²) in [4.78, 5) is 30.7. The van der Waals surface area contributed by atoms with Gasteiger partial charge in [-0.1, -0.05) is 0 Å². The van der Waals surface area contributed by atoms with E-state index in [9.17, 15) is 9.59 Å². The van der Waals surface area contributed by atoms with Crippen molar-refractivity contribution in [2.24, 2.45) is 0 Å². The van der Waals surface area contributed by atoms with Crippen molar-refractivity contribution < 1.29 is 19.3 Å². The fourth-order valence-corrected chi connectivity index (χ4v) is 0.573. The average molecular weight is 172 g/mol. The predicted octanol–water partition coefficient (Wildman–Crippen LogP) is -1.47. The number of nitrogens with zero attached hydrogens (tertiary/aromatic N) is 2. The van der Waals surface area contributed by atoms with E-state index in [2.05, 4.69) is 9.68 Å². The summed E-state index contributed by atoms with van der Waals surface area (Å²) in [6, 6.07) is 0. The molecule has 0 amide bonds. The highest BCUT2D eigenvalue weighted by atomic mass is 16.8. The molecule has 12 heavy (non-hydrogen) atoms. The maximum absolute atomic E-state index is 10.8. The Balaban J connectivity index is 1.72. The highest BCUT2D eigenvalue weighted by Gasteiger charge is 2.31. The van der Waals surface area contributed by atoms with Gasteiger partial charge in [-0.15, -0.1) is 10.1 Å². The lowest BCUT2D eigenvalue weighted by atomic mass is 10.7. The van der Waals surface area contributed by atoms with Gasteiger partial charge in [-0.2, -0.15) is 0 Å². The summed E-state index contributed by atoms with van der Waals surface area (Å²) < 4.78 is 0. The molecule has 2 rings (SSSR count). The first-order chi connectivity index (χ1) is 5.75. The molecule has 0 bridgehead atoms. The van der Waals surface area contributed by atoms with Crippen molar-refractivity contribution in [2.75, 3.05) is 26.2 Å². The van der Waals surface area contributed by atoms with E-state index in [1.54, 1.807) is 0 Å². The topological polar surface area (TPSA) is 58.6 Å². The normalized spacial score (nSPS) is 21.7. The first-order valence-corrected chi connectivity index (χ1v) is 3.70. The van der Waals surface area contributed by atoms with Gasteiger partial charge in [0.05, 0.1) is 26.2 Å². The molecule has 2 fully saturated rings. The van der Waals surface area contributed by atoms with Gasteiger partial charge in [0.15, 0.2) is 0 Å². The van der Waals surface area contributed by atoms with Crippen LogP contribution in [-0.2, 0) is 19.3 Å². The average Bonchev–Trinajstić information content (AvgIpc) is 2.79. The summed E-state index contributed by atoms with van der Waals surface area (Å²) >= 11 is 0. The SMILES string of the molecule is O=C(ON1CC1)C(=O)ON1CC1. The van der Waals surface area contributed by atoms with Crippen molar-refractivity contribution in [2.45, 2.75) is 0 Å². The summed E-state index contributed by atoms with van der Waals surface area (Å²) in [6.07, 6.45) is 0. The predicted molar refractivity (Wildman–Crippen MR) is 35.3 cm³/mol. The van der Waals surface area contributed by atoms with Crippen LogP contribution in [0.3, 0.4) is 0 Å². The van der Waals surface area contributed by atoms with Gasteiger partial charge in [0.25, 0.3) is 0 Å². The van der Waals surface area contributed by atoms with E-state index >= 15 is 0 Å². The minimum absolute atomic E-state index is 0.697. The Morgan fingerprint density at radius 2 is 1.17 bits per heavy atom. The number of rotatable bonds is 2. The lowest BCUT2D eigenvalue weighted by Crippen LogP contribution is -2.24. The largest absolute Gasteiger partial charge is 0.438 e. The maximum atomic E-state index is 10.8. The third-order valence-electron chi connectivity index (χ3n) is 1.40. The molecule has 0 radical (unpaired) electrons. The Kier molecular flexibility index (Phi) is 1.70. The molecular weight excluding hydrogens is 164 g/mol. The molecule has 2 aliphatic rings. The monoisotopic (exact) mass is 172 g/mol. The molecule has 0 unspecified atom stereocenters. The molecule has 0 aromatic carbocycles. The second-order valence-corrected chi connectivity index (χ2v) is 2.62. The molecule has 6 heteroatoms. The molecule has 2 saturated heterocycles. The van der Waals surface area contributed by atoms with Gasteiger partial charge in [0, 0.05) is 0 Å². The van der Waals surface area contributed by atoms with E-state index < -0.39 is 11.9 Å². The van der Waals surface area contributed by atoms with Crippen molar-refractivity contribution >= 4 is 11.9 Å². The Bertz CT molecular complexity index is 198. The van der Waals surface area contributed by atoms with Gasteiger partial charge in [0.1, 0.15) is 0 Å². The summed E-state index contributed by atoms with van der Waals surface area (Å²) in [5.74, 6) is -1.89. The Morgan fingerprint density at radius 1 is 0.833 bits per heavy atom. The first-order valence-electron chi connectivity index (χ1n) is 3.70. The fraction of sp³-hybridized carbons (Fsp3) is 0.667. The Morgan fingerprint density at radius 3 is 1.42 bits per heavy atom. The van der Waals surface area contributed by atoms with E-state index in [1.165, 1.54) is 10.1 Å². The van der Waals surface area contributed by atoms with Gasteiger partial charge in [-0.05, 0) is 0 Å². The number of carbonyl (C=O) groups is 2. The molecule has 0 aliphatic carbocycles. The van der Waals surface area contributed by atoms with E-state index in [0.29, 0.717) is 26.2 Å². The number of hydroxylamine groups is 4. The third kappa shape index (κ3) is 1.93. The zero-order chi connectivity index (χ0) is 8.55. The van der Waals surface area contributed by atoms with Crippen LogP contribution >= 0.6 is 0 Å². The number of carbonyl (C=O) groups excluding carboxylic acids is 2. The molecule has 0 atom stereocenters. The van der Waals surface area contributed by atoms with Crippen molar-refractivity contribution in [3.63, 3.8) is 0 Å².